The van der Waals surface area contributed by atoms with Crippen LogP contribution < -0.4 is 0 Å². The summed E-state index contributed by atoms with van der Waals surface area (Å²) in [7, 11) is 0. The predicted octanol–water partition coefficient (Wildman–Crippen LogP) is 8.74. The first kappa shape index (κ1) is 30.6. The molecule has 0 aliphatic heterocycles. The van der Waals surface area contributed by atoms with Gasteiger partial charge in [0.15, 0.2) is 6.29 Å². The highest BCUT2D eigenvalue weighted by atomic mass is 16.7. The van der Waals surface area contributed by atoms with Gasteiger partial charge in [0.2, 0.25) is 0 Å². The molecule has 0 amide bonds. The average Bonchev–Trinajstić information content (AvgIpc) is 2.78. The second-order valence-corrected chi connectivity index (χ2v) is 9.04. The van der Waals surface area contributed by atoms with Crippen molar-refractivity contribution in [2.45, 2.75) is 149 Å². The van der Waals surface area contributed by atoms with E-state index in [1.807, 2.05) is 0 Å². The minimum Gasteiger partial charge on any atom is -0.396 e. The Morgan fingerprint density at radius 3 is 1.52 bits per heavy atom. The van der Waals surface area contributed by atoms with Gasteiger partial charge in [0.1, 0.15) is 0 Å². The molecular formula is C28H56O3. The van der Waals surface area contributed by atoms with Gasteiger partial charge in [0, 0.05) is 19.8 Å². The third-order valence-corrected chi connectivity index (χ3v) is 5.88. The summed E-state index contributed by atoms with van der Waals surface area (Å²) in [5.74, 6) is 0. The molecule has 0 rings (SSSR count). The van der Waals surface area contributed by atoms with Crippen molar-refractivity contribution in [1.82, 2.24) is 0 Å². The highest BCUT2D eigenvalue weighted by Gasteiger charge is 2.09. The summed E-state index contributed by atoms with van der Waals surface area (Å²) < 4.78 is 12.3. The lowest BCUT2D eigenvalue weighted by atomic mass is 10.1. The van der Waals surface area contributed by atoms with E-state index in [4.69, 9.17) is 14.6 Å². The largest absolute Gasteiger partial charge is 0.396 e. The maximum absolute atomic E-state index is 8.79. The number of unbranched alkanes of at least 4 members (excludes halogenated alkanes) is 15. The Morgan fingerprint density at radius 2 is 1.00 bits per heavy atom. The quantitative estimate of drug-likeness (QED) is 0.0830. The van der Waals surface area contributed by atoms with Crippen LogP contribution >= 0.6 is 0 Å². The lowest BCUT2D eigenvalue weighted by molar-refractivity contribution is -0.148. The van der Waals surface area contributed by atoms with Crippen LogP contribution in [0.25, 0.3) is 0 Å². The van der Waals surface area contributed by atoms with Gasteiger partial charge in [-0.15, -0.1) is 0 Å². The van der Waals surface area contributed by atoms with Gasteiger partial charge < -0.3 is 14.6 Å². The molecule has 0 saturated heterocycles. The summed E-state index contributed by atoms with van der Waals surface area (Å²) in [6.45, 7) is 6.49. The maximum atomic E-state index is 8.79. The van der Waals surface area contributed by atoms with Crippen LogP contribution in [-0.2, 0) is 9.47 Å². The van der Waals surface area contributed by atoms with Crippen LogP contribution in [0.4, 0.5) is 0 Å². The number of allylic oxidation sites excluding steroid dienone is 1. The first-order valence-corrected chi connectivity index (χ1v) is 13.8. The molecule has 0 atom stereocenters. The standard InChI is InChI=1S/C28H56O3/c1-3-5-7-9-14-18-22-26-30-28(24-20-16-12-11-13-17-21-25-29)31-27-23-19-15-10-8-6-4-2/h13,17,28-29H,3-12,14-16,18-27H2,1-2H3/b17-13-. The molecule has 0 radical (unpaired) electrons. The van der Waals surface area contributed by atoms with E-state index in [1.54, 1.807) is 0 Å². The summed E-state index contributed by atoms with van der Waals surface area (Å²) in [5.41, 5.74) is 0. The zero-order valence-corrected chi connectivity index (χ0v) is 21.3. The number of hydrogen-bond acceptors (Lipinski definition) is 3. The fraction of sp³-hybridized carbons (Fsp3) is 0.929. The number of aliphatic hydroxyl groups is 1. The van der Waals surface area contributed by atoms with Gasteiger partial charge in [0.25, 0.3) is 0 Å². The smallest absolute Gasteiger partial charge is 0.157 e. The molecule has 0 bridgehead atoms. The van der Waals surface area contributed by atoms with E-state index in [-0.39, 0.29) is 12.9 Å². The molecule has 0 aromatic heterocycles. The Bertz CT molecular complexity index is 323. The van der Waals surface area contributed by atoms with Crippen molar-refractivity contribution in [3.05, 3.63) is 12.2 Å². The molecule has 3 heteroatoms. The Morgan fingerprint density at radius 1 is 0.548 bits per heavy atom. The lowest BCUT2D eigenvalue weighted by Crippen LogP contribution is -2.19. The zero-order valence-electron chi connectivity index (χ0n) is 21.3. The summed E-state index contributed by atoms with van der Waals surface area (Å²) in [4.78, 5) is 0. The molecule has 0 aliphatic rings. The van der Waals surface area contributed by atoms with Crippen molar-refractivity contribution in [1.29, 1.82) is 0 Å². The molecule has 0 aromatic rings. The van der Waals surface area contributed by atoms with Crippen LogP contribution in [0, 0.1) is 0 Å². The number of ether oxygens (including phenoxy) is 2. The molecule has 31 heavy (non-hydrogen) atoms. The summed E-state index contributed by atoms with van der Waals surface area (Å²) in [5, 5.41) is 8.79. The molecule has 0 saturated carbocycles. The molecular weight excluding hydrogens is 384 g/mol. The first-order chi connectivity index (χ1) is 15.3. The molecule has 0 unspecified atom stereocenters. The Kier molecular flexibility index (Phi) is 27.3. The Hall–Kier alpha value is -0.380. The third kappa shape index (κ3) is 25.8. The van der Waals surface area contributed by atoms with Crippen LogP contribution in [0.2, 0.25) is 0 Å². The van der Waals surface area contributed by atoms with Crippen molar-refractivity contribution < 1.29 is 14.6 Å². The van der Waals surface area contributed by atoms with Crippen LogP contribution in [0.1, 0.15) is 142 Å². The van der Waals surface area contributed by atoms with Gasteiger partial charge in [-0.25, -0.2) is 0 Å². The average molecular weight is 441 g/mol. The van der Waals surface area contributed by atoms with E-state index >= 15 is 0 Å². The second-order valence-electron chi connectivity index (χ2n) is 9.04. The van der Waals surface area contributed by atoms with E-state index in [0.717, 1.165) is 32.5 Å². The molecule has 186 valence electrons. The molecule has 0 heterocycles. The fourth-order valence-electron chi connectivity index (χ4n) is 3.82. The molecule has 0 aromatic carbocycles. The van der Waals surface area contributed by atoms with Crippen LogP contribution in [0.3, 0.4) is 0 Å². The van der Waals surface area contributed by atoms with Crippen molar-refractivity contribution >= 4 is 0 Å². The van der Waals surface area contributed by atoms with Gasteiger partial charge in [-0.3, -0.25) is 0 Å². The van der Waals surface area contributed by atoms with Gasteiger partial charge in [-0.2, -0.15) is 0 Å². The predicted molar refractivity (Wildman–Crippen MR) is 136 cm³/mol. The van der Waals surface area contributed by atoms with Crippen LogP contribution in [0.5, 0.6) is 0 Å². The number of aliphatic hydroxyl groups excluding tert-OH is 1. The van der Waals surface area contributed by atoms with E-state index in [2.05, 4.69) is 26.0 Å². The van der Waals surface area contributed by atoms with Gasteiger partial charge in [-0.1, -0.05) is 109 Å². The molecule has 0 aliphatic carbocycles. The van der Waals surface area contributed by atoms with E-state index in [1.165, 1.54) is 109 Å². The highest BCUT2D eigenvalue weighted by Crippen LogP contribution is 2.14. The number of rotatable bonds is 26. The topological polar surface area (TPSA) is 38.7 Å². The fourth-order valence-corrected chi connectivity index (χ4v) is 3.82. The lowest BCUT2D eigenvalue weighted by Gasteiger charge is -2.19. The summed E-state index contributed by atoms with van der Waals surface area (Å²) in [6.07, 6.45) is 29.3. The van der Waals surface area contributed by atoms with Crippen molar-refractivity contribution in [2.24, 2.45) is 0 Å². The molecule has 3 nitrogen and oxygen atoms in total. The minimum absolute atomic E-state index is 0.00915. The molecule has 0 spiro atoms. The van der Waals surface area contributed by atoms with Crippen molar-refractivity contribution in [2.75, 3.05) is 19.8 Å². The number of hydrogen-bond donors (Lipinski definition) is 1. The van der Waals surface area contributed by atoms with Crippen LogP contribution in [0.15, 0.2) is 12.2 Å². The second kappa shape index (κ2) is 27.7. The monoisotopic (exact) mass is 440 g/mol. The SMILES string of the molecule is CCCCCCCCCOC(CCCCC/C=C\CCO)OCCCCCCCCC. The van der Waals surface area contributed by atoms with E-state index < -0.39 is 0 Å². The van der Waals surface area contributed by atoms with Gasteiger partial charge >= 0.3 is 0 Å². The summed E-state index contributed by atoms with van der Waals surface area (Å²) >= 11 is 0. The van der Waals surface area contributed by atoms with Gasteiger partial charge in [-0.05, 0) is 44.9 Å². The van der Waals surface area contributed by atoms with Gasteiger partial charge in [0.05, 0.1) is 0 Å². The van der Waals surface area contributed by atoms with Crippen molar-refractivity contribution in [3.8, 4) is 0 Å². The van der Waals surface area contributed by atoms with E-state index in [0.29, 0.717) is 0 Å². The van der Waals surface area contributed by atoms with E-state index in [9.17, 15) is 0 Å². The zero-order chi connectivity index (χ0) is 22.7. The van der Waals surface area contributed by atoms with Crippen LogP contribution in [-0.4, -0.2) is 31.2 Å². The normalized spacial score (nSPS) is 11.9. The Labute approximate surface area is 195 Å². The van der Waals surface area contributed by atoms with Crippen molar-refractivity contribution in [3.63, 3.8) is 0 Å². The minimum atomic E-state index is -0.00915. The summed E-state index contributed by atoms with van der Waals surface area (Å²) in [6, 6.07) is 0. The first-order valence-electron chi connectivity index (χ1n) is 13.8. The molecule has 0 fully saturated rings. The highest BCUT2D eigenvalue weighted by molar-refractivity contribution is 4.80. The Balaban J connectivity index is 3.87. The maximum Gasteiger partial charge on any atom is 0.157 e. The molecule has 1 N–H and O–H groups in total. The third-order valence-electron chi connectivity index (χ3n) is 5.88.